The second-order valence-corrected chi connectivity index (χ2v) is 5.52. The van der Waals surface area contributed by atoms with Gasteiger partial charge in [-0.1, -0.05) is 6.07 Å². The summed E-state index contributed by atoms with van der Waals surface area (Å²) in [5, 5.41) is 15.8. The SMILES string of the molecule is Cc1cc(C)cc(-n2nc(C(=O)NCCOCCO)cc2C)c1. The van der Waals surface area contributed by atoms with Crippen LogP contribution in [0.3, 0.4) is 0 Å². The predicted molar refractivity (Wildman–Crippen MR) is 88.0 cm³/mol. The van der Waals surface area contributed by atoms with Gasteiger partial charge in [0.15, 0.2) is 5.69 Å². The summed E-state index contributed by atoms with van der Waals surface area (Å²) >= 11 is 0. The molecule has 0 aliphatic carbocycles. The summed E-state index contributed by atoms with van der Waals surface area (Å²) in [6, 6.07) is 7.94. The minimum atomic E-state index is -0.233. The van der Waals surface area contributed by atoms with E-state index in [-0.39, 0.29) is 19.1 Å². The van der Waals surface area contributed by atoms with Crippen LogP contribution in [0.25, 0.3) is 5.69 Å². The lowest BCUT2D eigenvalue weighted by Crippen LogP contribution is -2.28. The second kappa shape index (κ2) is 7.89. The lowest BCUT2D eigenvalue weighted by Gasteiger charge is -2.07. The summed E-state index contributed by atoms with van der Waals surface area (Å²) in [6.45, 7) is 7.00. The summed E-state index contributed by atoms with van der Waals surface area (Å²) in [5.41, 5.74) is 4.54. The molecule has 0 aliphatic heterocycles. The van der Waals surface area contributed by atoms with E-state index in [9.17, 15) is 4.79 Å². The number of hydrogen-bond donors (Lipinski definition) is 2. The van der Waals surface area contributed by atoms with Crippen molar-refractivity contribution in [2.24, 2.45) is 0 Å². The number of aromatic nitrogens is 2. The van der Waals surface area contributed by atoms with Gasteiger partial charge in [-0.05, 0) is 50.1 Å². The molecular weight excluding hydrogens is 294 g/mol. The summed E-state index contributed by atoms with van der Waals surface area (Å²) in [5.74, 6) is -0.233. The van der Waals surface area contributed by atoms with Crippen molar-refractivity contribution < 1.29 is 14.6 Å². The molecule has 1 aromatic heterocycles. The summed E-state index contributed by atoms with van der Waals surface area (Å²) in [4.78, 5) is 12.1. The lowest BCUT2D eigenvalue weighted by molar-refractivity contribution is 0.0835. The van der Waals surface area contributed by atoms with Crippen LogP contribution in [0.15, 0.2) is 24.3 Å². The number of aryl methyl sites for hydroxylation is 3. The van der Waals surface area contributed by atoms with Crippen LogP contribution in [0.5, 0.6) is 0 Å². The van der Waals surface area contributed by atoms with Gasteiger partial charge in [0.25, 0.3) is 5.91 Å². The lowest BCUT2D eigenvalue weighted by atomic mass is 10.1. The van der Waals surface area contributed by atoms with E-state index in [4.69, 9.17) is 9.84 Å². The Morgan fingerprint density at radius 2 is 1.87 bits per heavy atom. The van der Waals surface area contributed by atoms with Gasteiger partial charge in [0.2, 0.25) is 0 Å². The Kier molecular flexibility index (Phi) is 5.90. The van der Waals surface area contributed by atoms with E-state index < -0.39 is 0 Å². The van der Waals surface area contributed by atoms with Gasteiger partial charge in [-0.3, -0.25) is 4.79 Å². The molecule has 1 aromatic carbocycles. The first-order valence-corrected chi connectivity index (χ1v) is 7.63. The van der Waals surface area contributed by atoms with E-state index in [1.54, 1.807) is 10.7 Å². The van der Waals surface area contributed by atoms with Crippen LogP contribution in [-0.4, -0.2) is 47.2 Å². The fourth-order valence-electron chi connectivity index (χ4n) is 2.41. The predicted octanol–water partition coefficient (Wildman–Crippen LogP) is 1.54. The van der Waals surface area contributed by atoms with Gasteiger partial charge in [-0.25, -0.2) is 4.68 Å². The van der Waals surface area contributed by atoms with Gasteiger partial charge >= 0.3 is 0 Å². The third-order valence-electron chi connectivity index (χ3n) is 3.34. The van der Waals surface area contributed by atoms with Gasteiger partial charge in [-0.2, -0.15) is 5.10 Å². The summed E-state index contributed by atoms with van der Waals surface area (Å²) < 4.78 is 6.88. The smallest absolute Gasteiger partial charge is 0.271 e. The monoisotopic (exact) mass is 317 g/mol. The topological polar surface area (TPSA) is 76.4 Å². The maximum Gasteiger partial charge on any atom is 0.271 e. The molecule has 2 aromatic rings. The summed E-state index contributed by atoms with van der Waals surface area (Å²) in [6.07, 6.45) is 0. The summed E-state index contributed by atoms with van der Waals surface area (Å²) in [7, 11) is 0. The fraction of sp³-hybridized carbons (Fsp3) is 0.412. The first kappa shape index (κ1) is 17.2. The Labute approximate surface area is 136 Å². The highest BCUT2D eigenvalue weighted by molar-refractivity contribution is 5.92. The molecule has 0 spiro atoms. The molecular formula is C17H23N3O3. The van der Waals surface area contributed by atoms with E-state index in [1.165, 1.54) is 0 Å². The van der Waals surface area contributed by atoms with Crippen molar-refractivity contribution in [2.45, 2.75) is 20.8 Å². The van der Waals surface area contributed by atoms with Gasteiger partial charge in [-0.15, -0.1) is 0 Å². The largest absolute Gasteiger partial charge is 0.394 e. The number of carbonyl (C=O) groups excluding carboxylic acids is 1. The Hall–Kier alpha value is -2.18. The number of ether oxygens (including phenoxy) is 1. The highest BCUT2D eigenvalue weighted by atomic mass is 16.5. The molecule has 1 amide bonds. The first-order chi connectivity index (χ1) is 11.0. The van der Waals surface area contributed by atoms with Crippen LogP contribution < -0.4 is 5.32 Å². The van der Waals surface area contributed by atoms with Gasteiger partial charge in [0.1, 0.15) is 0 Å². The molecule has 0 saturated carbocycles. The number of rotatable bonds is 7. The Bertz CT molecular complexity index is 659. The van der Waals surface area contributed by atoms with Crippen LogP contribution in [0.1, 0.15) is 27.3 Å². The Balaban J connectivity index is 2.07. The van der Waals surface area contributed by atoms with E-state index in [0.717, 1.165) is 22.5 Å². The maximum atomic E-state index is 12.1. The number of amides is 1. The van der Waals surface area contributed by atoms with Gasteiger partial charge < -0.3 is 15.2 Å². The third-order valence-corrected chi connectivity index (χ3v) is 3.34. The molecule has 0 atom stereocenters. The van der Waals surface area contributed by atoms with Crippen LogP contribution in [0.4, 0.5) is 0 Å². The zero-order chi connectivity index (χ0) is 16.8. The van der Waals surface area contributed by atoms with Crippen LogP contribution >= 0.6 is 0 Å². The van der Waals surface area contributed by atoms with Crippen molar-refractivity contribution in [3.8, 4) is 5.69 Å². The van der Waals surface area contributed by atoms with Crippen LogP contribution in [-0.2, 0) is 4.74 Å². The Morgan fingerprint density at radius 3 is 2.52 bits per heavy atom. The molecule has 0 radical (unpaired) electrons. The molecule has 124 valence electrons. The van der Waals surface area contributed by atoms with Crippen molar-refractivity contribution >= 4 is 5.91 Å². The molecule has 2 rings (SSSR count). The van der Waals surface area contributed by atoms with E-state index in [1.807, 2.05) is 32.9 Å². The van der Waals surface area contributed by atoms with E-state index >= 15 is 0 Å². The number of benzene rings is 1. The molecule has 1 heterocycles. The molecule has 0 saturated heterocycles. The minimum Gasteiger partial charge on any atom is -0.394 e. The standard InChI is InChI=1S/C17H23N3O3/c1-12-8-13(2)10-15(9-12)20-14(3)11-16(19-20)17(22)18-4-6-23-7-5-21/h8-11,21H,4-7H2,1-3H3,(H,18,22). The van der Waals surface area contributed by atoms with Crippen molar-refractivity contribution in [3.05, 3.63) is 46.8 Å². The van der Waals surface area contributed by atoms with E-state index in [2.05, 4.69) is 16.5 Å². The van der Waals surface area contributed by atoms with Crippen LogP contribution in [0.2, 0.25) is 0 Å². The van der Waals surface area contributed by atoms with Gasteiger partial charge in [0, 0.05) is 12.2 Å². The maximum absolute atomic E-state index is 12.1. The molecule has 6 heteroatoms. The quantitative estimate of drug-likeness (QED) is 0.760. The second-order valence-electron chi connectivity index (χ2n) is 5.52. The van der Waals surface area contributed by atoms with Crippen molar-refractivity contribution in [2.75, 3.05) is 26.4 Å². The molecule has 0 bridgehead atoms. The number of hydrogen-bond acceptors (Lipinski definition) is 4. The minimum absolute atomic E-state index is 0.0204. The molecule has 0 unspecified atom stereocenters. The highest BCUT2D eigenvalue weighted by Gasteiger charge is 2.13. The van der Waals surface area contributed by atoms with Crippen molar-refractivity contribution in [1.29, 1.82) is 0 Å². The third kappa shape index (κ3) is 4.64. The normalized spacial score (nSPS) is 10.8. The number of aliphatic hydroxyl groups excluding tert-OH is 1. The average Bonchev–Trinajstić information content (AvgIpc) is 2.88. The van der Waals surface area contributed by atoms with E-state index in [0.29, 0.717) is 18.8 Å². The fourth-order valence-corrected chi connectivity index (χ4v) is 2.41. The number of carbonyl (C=O) groups is 1. The highest BCUT2D eigenvalue weighted by Crippen LogP contribution is 2.16. The molecule has 6 nitrogen and oxygen atoms in total. The van der Waals surface area contributed by atoms with Crippen molar-refractivity contribution in [1.82, 2.24) is 15.1 Å². The Morgan fingerprint density at radius 1 is 1.17 bits per heavy atom. The van der Waals surface area contributed by atoms with Gasteiger partial charge in [0.05, 0.1) is 25.5 Å². The van der Waals surface area contributed by atoms with Crippen molar-refractivity contribution in [3.63, 3.8) is 0 Å². The van der Waals surface area contributed by atoms with Crippen LogP contribution in [0, 0.1) is 20.8 Å². The zero-order valence-electron chi connectivity index (χ0n) is 13.8. The number of nitrogens with one attached hydrogen (secondary N) is 1. The number of aliphatic hydroxyl groups is 1. The first-order valence-electron chi connectivity index (χ1n) is 7.63. The molecule has 0 aliphatic rings. The molecule has 2 N–H and O–H groups in total. The average molecular weight is 317 g/mol. The molecule has 23 heavy (non-hydrogen) atoms. The number of nitrogens with zero attached hydrogens (tertiary/aromatic N) is 2. The zero-order valence-corrected chi connectivity index (χ0v) is 13.8. The molecule has 0 fully saturated rings.